The van der Waals surface area contributed by atoms with Gasteiger partial charge in [-0.15, -0.1) is 0 Å². The fourth-order valence-electron chi connectivity index (χ4n) is 0.939. The van der Waals surface area contributed by atoms with Crippen LogP contribution in [0.25, 0.3) is 0 Å². The van der Waals surface area contributed by atoms with Gasteiger partial charge < -0.3 is 15.4 Å². The zero-order valence-electron chi connectivity index (χ0n) is 6.04. The van der Waals surface area contributed by atoms with Crippen LogP contribution in [0.1, 0.15) is 6.92 Å². The molecule has 0 radical (unpaired) electrons. The number of nitrogens with two attached hydrogens (primary N) is 1. The first-order valence-electron chi connectivity index (χ1n) is 3.37. The number of amides is 1. The maximum absolute atomic E-state index is 10.8. The van der Waals surface area contributed by atoms with Crippen molar-refractivity contribution in [3.63, 3.8) is 0 Å². The van der Waals surface area contributed by atoms with E-state index >= 15 is 0 Å². The van der Waals surface area contributed by atoms with Crippen molar-refractivity contribution in [2.45, 2.75) is 13.0 Å². The standard InChI is InChI=1S/C6H12N2O2/c1-5(7)4-8-2-3-10-6(8)9/h5H,2-4,7H2,1H3. The summed E-state index contributed by atoms with van der Waals surface area (Å²) in [4.78, 5) is 12.4. The first kappa shape index (κ1) is 7.34. The number of nitrogens with zero attached hydrogens (tertiary/aromatic N) is 1. The smallest absolute Gasteiger partial charge is 0.409 e. The molecule has 1 saturated heterocycles. The fraction of sp³-hybridized carbons (Fsp3) is 0.833. The lowest BCUT2D eigenvalue weighted by Gasteiger charge is -2.14. The first-order chi connectivity index (χ1) is 4.70. The van der Waals surface area contributed by atoms with Crippen molar-refractivity contribution < 1.29 is 9.53 Å². The third-order valence-corrected chi connectivity index (χ3v) is 1.35. The lowest BCUT2D eigenvalue weighted by atomic mass is 10.3. The summed E-state index contributed by atoms with van der Waals surface area (Å²) < 4.78 is 4.70. The molecule has 0 aliphatic carbocycles. The van der Waals surface area contributed by atoms with E-state index in [1.807, 2.05) is 6.92 Å². The normalized spacial score (nSPS) is 21.0. The van der Waals surface area contributed by atoms with Gasteiger partial charge >= 0.3 is 6.09 Å². The maximum Gasteiger partial charge on any atom is 0.409 e. The van der Waals surface area contributed by atoms with Crippen molar-refractivity contribution in [3.8, 4) is 0 Å². The Labute approximate surface area is 59.9 Å². The van der Waals surface area contributed by atoms with Crippen LogP contribution >= 0.6 is 0 Å². The largest absolute Gasteiger partial charge is 0.448 e. The molecular formula is C6H12N2O2. The van der Waals surface area contributed by atoms with Gasteiger partial charge in [-0.1, -0.05) is 0 Å². The first-order valence-corrected chi connectivity index (χ1v) is 3.37. The van der Waals surface area contributed by atoms with E-state index in [-0.39, 0.29) is 12.1 Å². The Morgan fingerprint density at radius 1 is 1.90 bits per heavy atom. The van der Waals surface area contributed by atoms with Crippen LogP contribution in [0.3, 0.4) is 0 Å². The number of hydrogen-bond acceptors (Lipinski definition) is 3. The highest BCUT2D eigenvalue weighted by Crippen LogP contribution is 2.02. The van der Waals surface area contributed by atoms with E-state index in [4.69, 9.17) is 10.5 Å². The van der Waals surface area contributed by atoms with Gasteiger partial charge in [-0.05, 0) is 6.92 Å². The fourth-order valence-corrected chi connectivity index (χ4v) is 0.939. The molecule has 4 nitrogen and oxygen atoms in total. The molecule has 2 N–H and O–H groups in total. The summed E-state index contributed by atoms with van der Waals surface area (Å²) in [7, 11) is 0. The molecule has 0 aromatic rings. The average molecular weight is 144 g/mol. The van der Waals surface area contributed by atoms with Crippen LogP contribution in [0.5, 0.6) is 0 Å². The predicted octanol–water partition coefficient (Wildman–Crippen LogP) is -0.214. The molecule has 1 amide bonds. The van der Waals surface area contributed by atoms with Gasteiger partial charge in [0, 0.05) is 12.6 Å². The van der Waals surface area contributed by atoms with Gasteiger partial charge in [-0.2, -0.15) is 0 Å². The van der Waals surface area contributed by atoms with Crippen molar-refractivity contribution in [1.82, 2.24) is 4.90 Å². The second-order valence-corrected chi connectivity index (χ2v) is 2.54. The molecule has 1 rings (SSSR count). The van der Waals surface area contributed by atoms with Crippen LogP contribution in [0.4, 0.5) is 4.79 Å². The van der Waals surface area contributed by atoms with Crippen LogP contribution in [-0.2, 0) is 4.74 Å². The van der Waals surface area contributed by atoms with Gasteiger partial charge in [0.2, 0.25) is 0 Å². The highest BCUT2D eigenvalue weighted by atomic mass is 16.6. The van der Waals surface area contributed by atoms with Crippen molar-refractivity contribution >= 4 is 6.09 Å². The molecule has 1 fully saturated rings. The summed E-state index contributed by atoms with van der Waals surface area (Å²) in [6.07, 6.45) is -0.239. The quantitative estimate of drug-likeness (QED) is 0.583. The van der Waals surface area contributed by atoms with Crippen molar-refractivity contribution in [3.05, 3.63) is 0 Å². The van der Waals surface area contributed by atoms with Gasteiger partial charge in [0.1, 0.15) is 6.61 Å². The summed E-state index contributed by atoms with van der Waals surface area (Å²) in [5.41, 5.74) is 5.48. The number of hydrogen-bond donors (Lipinski definition) is 1. The number of cyclic esters (lactones) is 1. The molecule has 0 spiro atoms. The Kier molecular flexibility index (Phi) is 2.11. The van der Waals surface area contributed by atoms with Crippen LogP contribution < -0.4 is 5.73 Å². The molecule has 0 aromatic carbocycles. The predicted molar refractivity (Wildman–Crippen MR) is 36.6 cm³/mol. The Balaban J connectivity index is 2.33. The Morgan fingerprint density at radius 3 is 3.00 bits per heavy atom. The van der Waals surface area contributed by atoms with E-state index in [1.54, 1.807) is 4.90 Å². The molecule has 1 heterocycles. The van der Waals surface area contributed by atoms with E-state index in [9.17, 15) is 4.79 Å². The maximum atomic E-state index is 10.8. The molecule has 0 aromatic heterocycles. The number of carbonyl (C=O) groups excluding carboxylic acids is 1. The van der Waals surface area contributed by atoms with Gasteiger partial charge in [0.05, 0.1) is 6.54 Å². The summed E-state index contributed by atoms with van der Waals surface area (Å²) in [5.74, 6) is 0. The van der Waals surface area contributed by atoms with Crippen LogP contribution in [0, 0.1) is 0 Å². The van der Waals surface area contributed by atoms with Crippen molar-refractivity contribution in [2.75, 3.05) is 19.7 Å². The molecule has 10 heavy (non-hydrogen) atoms. The third kappa shape index (κ3) is 1.60. The van der Waals surface area contributed by atoms with Gasteiger partial charge in [0.25, 0.3) is 0 Å². The van der Waals surface area contributed by atoms with Gasteiger partial charge in [0.15, 0.2) is 0 Å². The molecule has 1 aliphatic rings. The second-order valence-electron chi connectivity index (χ2n) is 2.54. The van der Waals surface area contributed by atoms with E-state index in [0.29, 0.717) is 19.7 Å². The molecule has 1 unspecified atom stereocenters. The van der Waals surface area contributed by atoms with Crippen molar-refractivity contribution in [1.29, 1.82) is 0 Å². The minimum absolute atomic E-state index is 0.0330. The summed E-state index contributed by atoms with van der Waals surface area (Å²) >= 11 is 0. The minimum Gasteiger partial charge on any atom is -0.448 e. The van der Waals surface area contributed by atoms with E-state index in [2.05, 4.69) is 0 Å². The van der Waals surface area contributed by atoms with Crippen molar-refractivity contribution in [2.24, 2.45) is 5.73 Å². The molecule has 0 saturated carbocycles. The summed E-state index contributed by atoms with van der Waals surface area (Å²) in [5, 5.41) is 0. The molecular weight excluding hydrogens is 132 g/mol. The number of rotatable bonds is 2. The Morgan fingerprint density at radius 2 is 2.60 bits per heavy atom. The summed E-state index contributed by atoms with van der Waals surface area (Å²) in [6.45, 7) is 3.65. The van der Waals surface area contributed by atoms with Crippen LogP contribution in [-0.4, -0.2) is 36.7 Å². The van der Waals surface area contributed by atoms with Crippen LogP contribution in [0.2, 0.25) is 0 Å². The number of carbonyl (C=O) groups is 1. The average Bonchev–Trinajstić information content (AvgIpc) is 2.15. The number of ether oxygens (including phenoxy) is 1. The molecule has 0 bridgehead atoms. The molecule has 1 aliphatic heterocycles. The molecule has 4 heteroatoms. The molecule has 58 valence electrons. The monoisotopic (exact) mass is 144 g/mol. The van der Waals surface area contributed by atoms with Crippen LogP contribution in [0.15, 0.2) is 0 Å². The zero-order chi connectivity index (χ0) is 7.56. The third-order valence-electron chi connectivity index (χ3n) is 1.35. The van der Waals surface area contributed by atoms with Gasteiger partial charge in [-0.25, -0.2) is 4.79 Å². The Bertz CT molecular complexity index is 136. The lowest BCUT2D eigenvalue weighted by Crippen LogP contribution is -2.35. The van der Waals surface area contributed by atoms with E-state index in [0.717, 1.165) is 0 Å². The Hall–Kier alpha value is -0.770. The van der Waals surface area contributed by atoms with E-state index < -0.39 is 0 Å². The second kappa shape index (κ2) is 2.88. The topological polar surface area (TPSA) is 55.6 Å². The van der Waals surface area contributed by atoms with Gasteiger partial charge in [-0.3, -0.25) is 0 Å². The lowest BCUT2D eigenvalue weighted by molar-refractivity contribution is 0.157. The summed E-state index contributed by atoms with van der Waals surface area (Å²) in [6, 6.07) is 0.0330. The SMILES string of the molecule is CC(N)CN1CCOC1=O. The minimum atomic E-state index is -0.239. The highest BCUT2D eigenvalue weighted by molar-refractivity contribution is 5.69. The highest BCUT2D eigenvalue weighted by Gasteiger charge is 2.21. The zero-order valence-corrected chi connectivity index (χ0v) is 6.04. The molecule has 1 atom stereocenters. The van der Waals surface area contributed by atoms with E-state index in [1.165, 1.54) is 0 Å².